The SMILES string of the molecule is NC(=O)CCCCn1cc(C(=O)C(F)(F)F)nn1. The Balaban J connectivity index is 2.49. The van der Waals surface area contributed by atoms with Crippen molar-refractivity contribution in [1.82, 2.24) is 15.0 Å². The van der Waals surface area contributed by atoms with Gasteiger partial charge in [0.25, 0.3) is 5.78 Å². The minimum Gasteiger partial charge on any atom is -0.370 e. The number of carbonyl (C=O) groups excluding carboxylic acids is 2. The van der Waals surface area contributed by atoms with Crippen LogP contribution in [-0.4, -0.2) is 32.9 Å². The fraction of sp³-hybridized carbons (Fsp3) is 0.556. The molecule has 1 heterocycles. The number of ketones is 1. The lowest BCUT2D eigenvalue weighted by Crippen LogP contribution is -2.23. The summed E-state index contributed by atoms with van der Waals surface area (Å²) < 4.78 is 37.3. The van der Waals surface area contributed by atoms with Crippen LogP contribution in [0, 0.1) is 0 Å². The number of amides is 1. The van der Waals surface area contributed by atoms with Gasteiger partial charge in [0.1, 0.15) is 0 Å². The maximum atomic E-state index is 12.1. The molecule has 1 aromatic rings. The summed E-state index contributed by atoms with van der Waals surface area (Å²) in [7, 11) is 0. The molecule has 0 aliphatic carbocycles. The quantitative estimate of drug-likeness (QED) is 0.604. The molecule has 1 rings (SSSR count). The van der Waals surface area contributed by atoms with Crippen LogP contribution in [0.1, 0.15) is 29.8 Å². The second-order valence-corrected chi connectivity index (χ2v) is 3.62. The molecule has 9 heteroatoms. The van der Waals surface area contributed by atoms with Crippen molar-refractivity contribution in [1.29, 1.82) is 0 Å². The lowest BCUT2D eigenvalue weighted by atomic mass is 10.2. The van der Waals surface area contributed by atoms with Crippen molar-refractivity contribution in [2.75, 3.05) is 0 Å². The predicted octanol–water partition coefficient (Wildman–Crippen LogP) is 0.679. The van der Waals surface area contributed by atoms with Gasteiger partial charge in [-0.3, -0.25) is 14.3 Å². The summed E-state index contributed by atoms with van der Waals surface area (Å²) in [6.07, 6.45) is -2.82. The third-order valence-corrected chi connectivity index (χ3v) is 2.09. The highest BCUT2D eigenvalue weighted by molar-refractivity contribution is 5.98. The lowest BCUT2D eigenvalue weighted by Gasteiger charge is -2.00. The second-order valence-electron chi connectivity index (χ2n) is 3.62. The van der Waals surface area contributed by atoms with Crippen LogP contribution in [0.4, 0.5) is 13.2 Å². The van der Waals surface area contributed by atoms with Crippen molar-refractivity contribution in [3.8, 4) is 0 Å². The molecule has 18 heavy (non-hydrogen) atoms. The zero-order valence-electron chi connectivity index (χ0n) is 9.28. The number of unbranched alkanes of at least 4 members (excludes halogenated alkanes) is 1. The Bertz CT molecular complexity index is 441. The Labute approximate surface area is 99.9 Å². The lowest BCUT2D eigenvalue weighted by molar-refractivity contribution is -0.118. The summed E-state index contributed by atoms with van der Waals surface area (Å²) in [4.78, 5) is 21.2. The van der Waals surface area contributed by atoms with E-state index in [0.717, 1.165) is 10.9 Å². The number of halogens is 3. The topological polar surface area (TPSA) is 90.9 Å². The van der Waals surface area contributed by atoms with Crippen molar-refractivity contribution in [2.24, 2.45) is 5.73 Å². The molecule has 0 fully saturated rings. The van der Waals surface area contributed by atoms with Gasteiger partial charge in [0.05, 0.1) is 6.20 Å². The van der Waals surface area contributed by atoms with Crippen molar-refractivity contribution in [3.63, 3.8) is 0 Å². The van der Waals surface area contributed by atoms with E-state index in [1.165, 1.54) is 0 Å². The molecule has 100 valence electrons. The van der Waals surface area contributed by atoms with Crippen molar-refractivity contribution < 1.29 is 22.8 Å². The Morgan fingerprint density at radius 2 is 2.00 bits per heavy atom. The van der Waals surface area contributed by atoms with Gasteiger partial charge in [-0.2, -0.15) is 13.2 Å². The van der Waals surface area contributed by atoms with Crippen LogP contribution in [0.25, 0.3) is 0 Å². The molecule has 0 aliphatic heterocycles. The molecule has 0 radical (unpaired) electrons. The first-order chi connectivity index (χ1) is 8.30. The number of nitrogens with two attached hydrogens (primary N) is 1. The smallest absolute Gasteiger partial charge is 0.370 e. The number of rotatable bonds is 6. The summed E-state index contributed by atoms with van der Waals surface area (Å²) in [5.41, 5.74) is 4.18. The number of aromatic nitrogens is 3. The Hall–Kier alpha value is -1.93. The molecular weight excluding hydrogens is 253 g/mol. The van der Waals surface area contributed by atoms with Crippen LogP contribution in [0.2, 0.25) is 0 Å². The summed E-state index contributed by atoms with van der Waals surface area (Å²) in [6, 6.07) is 0. The van der Waals surface area contributed by atoms with Crippen molar-refractivity contribution in [3.05, 3.63) is 11.9 Å². The molecule has 0 saturated heterocycles. The van der Waals surface area contributed by atoms with Gasteiger partial charge in [0.2, 0.25) is 5.91 Å². The number of Topliss-reactive ketones (excluding diaryl/α,β-unsaturated/α-hetero) is 1. The predicted molar refractivity (Wildman–Crippen MR) is 53.5 cm³/mol. The maximum Gasteiger partial charge on any atom is 0.456 e. The number of nitrogens with zero attached hydrogens (tertiary/aromatic N) is 3. The molecular formula is C9H11F3N4O2. The third kappa shape index (κ3) is 4.15. The average molecular weight is 264 g/mol. The minimum atomic E-state index is -4.95. The molecule has 6 nitrogen and oxygen atoms in total. The zero-order valence-corrected chi connectivity index (χ0v) is 9.28. The molecule has 0 unspecified atom stereocenters. The van der Waals surface area contributed by atoms with E-state index in [0.29, 0.717) is 12.8 Å². The monoisotopic (exact) mass is 264 g/mol. The highest BCUT2D eigenvalue weighted by atomic mass is 19.4. The highest BCUT2D eigenvalue weighted by Gasteiger charge is 2.41. The molecule has 0 atom stereocenters. The number of alkyl halides is 3. The zero-order chi connectivity index (χ0) is 13.8. The second kappa shape index (κ2) is 5.61. The summed E-state index contributed by atoms with van der Waals surface area (Å²) >= 11 is 0. The minimum absolute atomic E-state index is 0.197. The van der Waals surface area contributed by atoms with Gasteiger partial charge in [-0.05, 0) is 12.8 Å². The maximum absolute atomic E-state index is 12.1. The molecule has 0 saturated carbocycles. The highest BCUT2D eigenvalue weighted by Crippen LogP contribution is 2.19. The van der Waals surface area contributed by atoms with Crippen LogP contribution in [0.15, 0.2) is 6.20 Å². The number of hydrogen-bond acceptors (Lipinski definition) is 4. The van der Waals surface area contributed by atoms with E-state index in [1.54, 1.807) is 0 Å². The molecule has 0 spiro atoms. The Kier molecular flexibility index (Phi) is 4.40. The summed E-state index contributed by atoms with van der Waals surface area (Å²) in [6.45, 7) is 0.269. The normalized spacial score (nSPS) is 11.5. The van der Waals surface area contributed by atoms with E-state index < -0.39 is 23.6 Å². The molecule has 0 bridgehead atoms. The number of carbonyl (C=O) groups is 2. The van der Waals surface area contributed by atoms with Crippen molar-refractivity contribution >= 4 is 11.7 Å². The van der Waals surface area contributed by atoms with Gasteiger partial charge in [-0.1, -0.05) is 5.21 Å². The summed E-state index contributed by atoms with van der Waals surface area (Å²) in [5.74, 6) is -2.47. The van der Waals surface area contributed by atoms with E-state index >= 15 is 0 Å². The standard InChI is InChI=1S/C9H11F3N4O2/c10-9(11,12)8(18)6-5-16(15-14-6)4-2-1-3-7(13)17/h5H,1-4H2,(H2,13,17). The number of primary amides is 1. The van der Waals surface area contributed by atoms with Crippen LogP contribution < -0.4 is 5.73 Å². The van der Waals surface area contributed by atoms with Gasteiger partial charge in [0, 0.05) is 13.0 Å². The largest absolute Gasteiger partial charge is 0.456 e. The van der Waals surface area contributed by atoms with E-state index in [2.05, 4.69) is 10.3 Å². The van der Waals surface area contributed by atoms with Gasteiger partial charge < -0.3 is 5.73 Å². The first kappa shape index (κ1) is 14.1. The van der Waals surface area contributed by atoms with Gasteiger partial charge in [0.15, 0.2) is 5.69 Å². The van der Waals surface area contributed by atoms with E-state index in [-0.39, 0.29) is 13.0 Å². The van der Waals surface area contributed by atoms with E-state index in [1.807, 2.05) is 0 Å². The Morgan fingerprint density at radius 1 is 1.33 bits per heavy atom. The van der Waals surface area contributed by atoms with Gasteiger partial charge in [-0.25, -0.2) is 0 Å². The first-order valence-electron chi connectivity index (χ1n) is 5.10. The fourth-order valence-corrected chi connectivity index (χ4v) is 1.23. The summed E-state index contributed by atoms with van der Waals surface area (Å²) in [5, 5.41) is 6.55. The molecule has 0 aromatic carbocycles. The molecule has 1 aromatic heterocycles. The molecule has 1 amide bonds. The number of aryl methyl sites for hydroxylation is 1. The average Bonchev–Trinajstić information content (AvgIpc) is 2.70. The van der Waals surface area contributed by atoms with Crippen LogP contribution in [0.3, 0.4) is 0 Å². The Morgan fingerprint density at radius 3 is 2.56 bits per heavy atom. The van der Waals surface area contributed by atoms with Crippen LogP contribution >= 0.6 is 0 Å². The molecule has 0 aliphatic rings. The van der Waals surface area contributed by atoms with Gasteiger partial charge >= 0.3 is 6.18 Å². The first-order valence-corrected chi connectivity index (χ1v) is 5.10. The third-order valence-electron chi connectivity index (χ3n) is 2.09. The van der Waals surface area contributed by atoms with Crippen LogP contribution in [-0.2, 0) is 11.3 Å². The van der Waals surface area contributed by atoms with Crippen molar-refractivity contribution in [2.45, 2.75) is 32.0 Å². The number of hydrogen-bond donors (Lipinski definition) is 1. The molecule has 2 N–H and O–H groups in total. The van der Waals surface area contributed by atoms with E-state index in [4.69, 9.17) is 5.73 Å². The van der Waals surface area contributed by atoms with Gasteiger partial charge in [-0.15, -0.1) is 5.10 Å². The van der Waals surface area contributed by atoms with E-state index in [9.17, 15) is 22.8 Å². The van der Waals surface area contributed by atoms with Crippen LogP contribution in [0.5, 0.6) is 0 Å². The fourth-order valence-electron chi connectivity index (χ4n) is 1.23.